The summed E-state index contributed by atoms with van der Waals surface area (Å²) in [6, 6.07) is 10.5. The molecule has 1 fully saturated rings. The summed E-state index contributed by atoms with van der Waals surface area (Å²) in [5.74, 6) is 0.334. The first-order valence-corrected chi connectivity index (χ1v) is 6.94. The lowest BCUT2D eigenvalue weighted by molar-refractivity contribution is 0.0892. The summed E-state index contributed by atoms with van der Waals surface area (Å²) in [5, 5.41) is 10.1. The predicted octanol–water partition coefficient (Wildman–Crippen LogP) is 1.61. The number of benzene rings is 1. The standard InChI is InChI=1S/C15H24N2O/c16-9-8-14-12-17(10-4-7-15(14)18)11-13-5-2-1-3-6-13/h1-3,5-6,14-15,18H,4,7-12,16H2. The van der Waals surface area contributed by atoms with E-state index in [0.29, 0.717) is 12.5 Å². The lowest BCUT2D eigenvalue weighted by atomic mass is 9.96. The fourth-order valence-electron chi connectivity index (χ4n) is 2.79. The van der Waals surface area contributed by atoms with Gasteiger partial charge in [-0.15, -0.1) is 0 Å². The zero-order chi connectivity index (χ0) is 12.8. The molecule has 2 atom stereocenters. The number of likely N-dealkylation sites (tertiary alicyclic amines) is 1. The first kappa shape index (κ1) is 13.5. The molecule has 1 heterocycles. The summed E-state index contributed by atoms with van der Waals surface area (Å²) >= 11 is 0. The Morgan fingerprint density at radius 1 is 1.28 bits per heavy atom. The van der Waals surface area contributed by atoms with Crippen molar-refractivity contribution in [3.63, 3.8) is 0 Å². The normalized spacial score (nSPS) is 25.9. The van der Waals surface area contributed by atoms with Gasteiger partial charge in [0.1, 0.15) is 0 Å². The molecule has 1 aromatic rings. The number of hydrogen-bond donors (Lipinski definition) is 2. The molecule has 0 amide bonds. The van der Waals surface area contributed by atoms with Gasteiger partial charge >= 0.3 is 0 Å². The zero-order valence-electron chi connectivity index (χ0n) is 11.0. The summed E-state index contributed by atoms with van der Waals surface area (Å²) in [5.41, 5.74) is 6.99. The Morgan fingerprint density at radius 3 is 2.78 bits per heavy atom. The van der Waals surface area contributed by atoms with E-state index in [9.17, 15) is 5.11 Å². The van der Waals surface area contributed by atoms with Gasteiger partial charge in [0.25, 0.3) is 0 Å². The first-order chi connectivity index (χ1) is 8.79. The average molecular weight is 248 g/mol. The molecule has 1 saturated heterocycles. The molecule has 2 rings (SSSR count). The van der Waals surface area contributed by atoms with Crippen LogP contribution in [0, 0.1) is 5.92 Å². The minimum atomic E-state index is -0.172. The largest absolute Gasteiger partial charge is 0.393 e. The predicted molar refractivity (Wildman–Crippen MR) is 74.1 cm³/mol. The molecule has 2 unspecified atom stereocenters. The molecule has 0 radical (unpaired) electrons. The smallest absolute Gasteiger partial charge is 0.0581 e. The van der Waals surface area contributed by atoms with Gasteiger partial charge in [0, 0.05) is 13.1 Å². The number of nitrogens with two attached hydrogens (primary N) is 1. The molecule has 100 valence electrons. The maximum Gasteiger partial charge on any atom is 0.0581 e. The van der Waals surface area contributed by atoms with Gasteiger partial charge in [0.05, 0.1) is 6.10 Å². The maximum atomic E-state index is 10.1. The number of rotatable bonds is 4. The summed E-state index contributed by atoms with van der Waals surface area (Å²) in [4.78, 5) is 2.45. The van der Waals surface area contributed by atoms with Gasteiger partial charge in [-0.3, -0.25) is 4.90 Å². The quantitative estimate of drug-likeness (QED) is 0.851. The second-order valence-corrected chi connectivity index (χ2v) is 5.27. The van der Waals surface area contributed by atoms with Crippen LogP contribution in [0.15, 0.2) is 30.3 Å². The van der Waals surface area contributed by atoms with Gasteiger partial charge < -0.3 is 10.8 Å². The zero-order valence-corrected chi connectivity index (χ0v) is 11.0. The van der Waals surface area contributed by atoms with Gasteiger partial charge in [0.2, 0.25) is 0 Å². The van der Waals surface area contributed by atoms with Crippen molar-refractivity contribution in [2.24, 2.45) is 11.7 Å². The van der Waals surface area contributed by atoms with E-state index < -0.39 is 0 Å². The van der Waals surface area contributed by atoms with Crippen molar-refractivity contribution in [3.05, 3.63) is 35.9 Å². The molecule has 1 aliphatic heterocycles. The first-order valence-electron chi connectivity index (χ1n) is 6.94. The van der Waals surface area contributed by atoms with Crippen molar-refractivity contribution >= 4 is 0 Å². The van der Waals surface area contributed by atoms with Crippen LogP contribution in [0.1, 0.15) is 24.8 Å². The van der Waals surface area contributed by atoms with Gasteiger partial charge in [-0.1, -0.05) is 30.3 Å². The Kier molecular flexibility index (Phi) is 5.17. The average Bonchev–Trinajstić information content (AvgIpc) is 2.54. The number of hydrogen-bond acceptors (Lipinski definition) is 3. The Morgan fingerprint density at radius 2 is 2.06 bits per heavy atom. The molecule has 3 heteroatoms. The molecule has 0 bridgehead atoms. The van der Waals surface area contributed by atoms with E-state index in [0.717, 1.165) is 38.9 Å². The summed E-state index contributed by atoms with van der Waals surface area (Å²) in [7, 11) is 0. The lowest BCUT2D eigenvalue weighted by Gasteiger charge is -2.26. The summed E-state index contributed by atoms with van der Waals surface area (Å²) in [6.45, 7) is 3.69. The van der Waals surface area contributed by atoms with Crippen molar-refractivity contribution in [2.45, 2.75) is 31.9 Å². The van der Waals surface area contributed by atoms with Crippen LogP contribution in [-0.4, -0.2) is 35.7 Å². The fraction of sp³-hybridized carbons (Fsp3) is 0.600. The number of nitrogens with zero attached hydrogens (tertiary/aromatic N) is 1. The highest BCUT2D eigenvalue weighted by molar-refractivity contribution is 5.14. The number of aliphatic hydroxyl groups excluding tert-OH is 1. The minimum absolute atomic E-state index is 0.172. The third kappa shape index (κ3) is 3.80. The van der Waals surface area contributed by atoms with E-state index in [1.165, 1.54) is 5.56 Å². The Labute approximate surface area is 110 Å². The molecular formula is C15H24N2O. The summed E-state index contributed by atoms with van der Waals surface area (Å²) < 4.78 is 0. The Hall–Kier alpha value is -0.900. The Balaban J connectivity index is 1.95. The van der Waals surface area contributed by atoms with Crippen LogP contribution in [0.3, 0.4) is 0 Å². The molecule has 3 N–H and O–H groups in total. The second-order valence-electron chi connectivity index (χ2n) is 5.27. The summed E-state index contributed by atoms with van der Waals surface area (Å²) in [6.07, 6.45) is 2.74. The lowest BCUT2D eigenvalue weighted by Crippen LogP contribution is -2.33. The van der Waals surface area contributed by atoms with Crippen molar-refractivity contribution in [3.8, 4) is 0 Å². The van der Waals surface area contributed by atoms with E-state index in [1.54, 1.807) is 0 Å². The molecule has 18 heavy (non-hydrogen) atoms. The van der Waals surface area contributed by atoms with E-state index in [-0.39, 0.29) is 6.10 Å². The highest BCUT2D eigenvalue weighted by Crippen LogP contribution is 2.21. The monoisotopic (exact) mass is 248 g/mol. The van der Waals surface area contributed by atoms with Crippen LogP contribution in [0.4, 0.5) is 0 Å². The van der Waals surface area contributed by atoms with Crippen LogP contribution in [0.25, 0.3) is 0 Å². The topological polar surface area (TPSA) is 49.5 Å². The van der Waals surface area contributed by atoms with E-state index in [1.807, 2.05) is 6.07 Å². The molecule has 0 saturated carbocycles. The van der Waals surface area contributed by atoms with Gasteiger partial charge in [-0.25, -0.2) is 0 Å². The molecule has 0 aliphatic carbocycles. The van der Waals surface area contributed by atoms with E-state index in [2.05, 4.69) is 29.2 Å². The van der Waals surface area contributed by atoms with E-state index in [4.69, 9.17) is 5.73 Å². The van der Waals surface area contributed by atoms with Crippen molar-refractivity contribution < 1.29 is 5.11 Å². The fourth-order valence-corrected chi connectivity index (χ4v) is 2.79. The van der Waals surface area contributed by atoms with Crippen molar-refractivity contribution in [1.29, 1.82) is 0 Å². The molecule has 3 nitrogen and oxygen atoms in total. The molecule has 0 aromatic heterocycles. The van der Waals surface area contributed by atoms with E-state index >= 15 is 0 Å². The SMILES string of the molecule is NCCC1CN(Cc2ccccc2)CCCC1O. The minimum Gasteiger partial charge on any atom is -0.393 e. The molecule has 0 spiro atoms. The molecule has 1 aliphatic rings. The van der Waals surface area contributed by atoms with Crippen LogP contribution in [0.5, 0.6) is 0 Å². The highest BCUT2D eigenvalue weighted by Gasteiger charge is 2.24. The van der Waals surface area contributed by atoms with Crippen LogP contribution in [-0.2, 0) is 6.54 Å². The van der Waals surface area contributed by atoms with Crippen LogP contribution >= 0.6 is 0 Å². The third-order valence-electron chi connectivity index (χ3n) is 3.80. The van der Waals surface area contributed by atoms with Gasteiger partial charge in [-0.05, 0) is 43.8 Å². The van der Waals surface area contributed by atoms with Gasteiger partial charge in [0.15, 0.2) is 0 Å². The third-order valence-corrected chi connectivity index (χ3v) is 3.80. The van der Waals surface area contributed by atoms with Crippen LogP contribution < -0.4 is 5.73 Å². The van der Waals surface area contributed by atoms with Crippen molar-refractivity contribution in [1.82, 2.24) is 4.90 Å². The Bertz CT molecular complexity index is 342. The second kappa shape index (κ2) is 6.88. The van der Waals surface area contributed by atoms with Crippen LogP contribution in [0.2, 0.25) is 0 Å². The number of aliphatic hydroxyl groups is 1. The van der Waals surface area contributed by atoms with Crippen molar-refractivity contribution in [2.75, 3.05) is 19.6 Å². The molecule has 1 aromatic carbocycles. The maximum absolute atomic E-state index is 10.1. The highest BCUT2D eigenvalue weighted by atomic mass is 16.3. The van der Waals surface area contributed by atoms with Gasteiger partial charge in [-0.2, -0.15) is 0 Å². The molecular weight excluding hydrogens is 224 g/mol.